The van der Waals surface area contributed by atoms with Crippen LogP contribution in [0, 0.1) is 11.8 Å². The number of aromatic nitrogens is 2. The molecule has 0 spiro atoms. The first-order valence-electron chi connectivity index (χ1n) is 20.2. The minimum Gasteiger partial charge on any atom is -0.496 e. The van der Waals surface area contributed by atoms with E-state index in [-0.39, 0.29) is 73.5 Å². The van der Waals surface area contributed by atoms with Gasteiger partial charge in [0.15, 0.2) is 0 Å². The van der Waals surface area contributed by atoms with Gasteiger partial charge in [-0.05, 0) is 79.4 Å². The molecule has 1 aliphatic carbocycles. The summed E-state index contributed by atoms with van der Waals surface area (Å²) in [6.45, 7) is 2.39. The summed E-state index contributed by atoms with van der Waals surface area (Å²) in [4.78, 5) is 86.0. The summed E-state index contributed by atoms with van der Waals surface area (Å²) < 4.78 is 25.1. The Morgan fingerprint density at radius 1 is 0.900 bits per heavy atom. The number of carbonyl (C=O) groups excluding carboxylic acids is 5. The molecule has 4 unspecified atom stereocenters. The van der Waals surface area contributed by atoms with Gasteiger partial charge in [-0.2, -0.15) is 0 Å². The fourth-order valence-corrected chi connectivity index (χ4v) is 9.43. The average Bonchev–Trinajstić information content (AvgIpc) is 3.92. The maximum atomic E-state index is 13.4. The van der Waals surface area contributed by atoms with E-state index in [1.807, 2.05) is 29.3 Å². The quantitative estimate of drug-likeness (QED) is 0.145. The molecule has 4 aliphatic rings. The molecule has 2 aromatic heterocycles. The van der Waals surface area contributed by atoms with Crippen LogP contribution in [-0.4, -0.2) is 120 Å². The topological polar surface area (TPSA) is 179 Å². The van der Waals surface area contributed by atoms with Crippen molar-refractivity contribution in [1.82, 2.24) is 29.6 Å². The number of carbonyl (C=O) groups is 5. The molecule has 3 aliphatic heterocycles. The number of methoxy groups -OCH3 is 2. The van der Waals surface area contributed by atoms with Gasteiger partial charge in [0, 0.05) is 63.3 Å². The number of hydrogen-bond donors (Lipinski definition) is 1. The van der Waals surface area contributed by atoms with Crippen LogP contribution in [0.4, 0.5) is 0 Å². The van der Waals surface area contributed by atoms with Crippen LogP contribution in [-0.2, 0) is 32.7 Å². The number of nitrogens with zero attached hydrogens (tertiary/aromatic N) is 5. The number of aryl methyl sites for hydroxylation is 1. The molecule has 5 amide bonds. The number of pyridine rings is 2. The zero-order valence-corrected chi connectivity index (χ0v) is 34.1. The van der Waals surface area contributed by atoms with Crippen LogP contribution in [0.1, 0.15) is 58.4 Å². The molecule has 5 heterocycles. The van der Waals surface area contributed by atoms with E-state index in [1.165, 1.54) is 6.07 Å². The van der Waals surface area contributed by atoms with Crippen molar-refractivity contribution >= 4 is 40.3 Å². The minimum absolute atomic E-state index is 0.0332. The van der Waals surface area contributed by atoms with Crippen molar-refractivity contribution < 1.29 is 42.9 Å². The predicted octanol–water partition coefficient (Wildman–Crippen LogP) is 3.17. The van der Waals surface area contributed by atoms with Gasteiger partial charge in [-0.25, -0.2) is 0 Å². The molecule has 0 radical (unpaired) electrons. The van der Waals surface area contributed by atoms with Crippen molar-refractivity contribution in [3.05, 3.63) is 82.0 Å². The zero-order chi connectivity index (χ0) is 42.2. The van der Waals surface area contributed by atoms with Gasteiger partial charge >= 0.3 is 0 Å². The molecular weight excluding hydrogens is 773 g/mol. The summed E-state index contributed by atoms with van der Waals surface area (Å²) in [6, 6.07) is 9.70. The Morgan fingerprint density at radius 3 is 2.43 bits per heavy atom. The Hall–Kier alpha value is -6.13. The molecule has 4 aromatic rings. The second-order valence-corrected chi connectivity index (χ2v) is 15.9. The Balaban J connectivity index is 0.835. The summed E-state index contributed by atoms with van der Waals surface area (Å²) in [7, 11) is 7.13. The summed E-state index contributed by atoms with van der Waals surface area (Å²) in [5.41, 5.74) is 2.74. The minimum atomic E-state index is -1.07. The third kappa shape index (κ3) is 7.49. The first kappa shape index (κ1) is 40.6. The summed E-state index contributed by atoms with van der Waals surface area (Å²) >= 11 is 0. The molecule has 2 aromatic carbocycles. The second-order valence-electron chi connectivity index (χ2n) is 15.9. The van der Waals surface area contributed by atoms with Gasteiger partial charge in [0.05, 0.1) is 55.9 Å². The van der Waals surface area contributed by atoms with Gasteiger partial charge in [-0.1, -0.05) is 6.07 Å². The van der Waals surface area contributed by atoms with E-state index in [0.717, 1.165) is 39.8 Å². The van der Waals surface area contributed by atoms with Crippen molar-refractivity contribution in [1.29, 1.82) is 0 Å². The molecule has 8 rings (SSSR count). The number of likely N-dealkylation sites (tertiary alicyclic amines) is 1. The lowest BCUT2D eigenvalue weighted by atomic mass is 9.96. The van der Waals surface area contributed by atoms with Crippen molar-refractivity contribution in [3.63, 3.8) is 0 Å². The second kappa shape index (κ2) is 16.9. The maximum absolute atomic E-state index is 13.4. The molecular formula is C44H48N6O10. The lowest BCUT2D eigenvalue weighted by Gasteiger charge is -2.31. The first-order chi connectivity index (χ1) is 29.0. The normalized spacial score (nSPS) is 21.1. The highest BCUT2D eigenvalue weighted by atomic mass is 16.5. The summed E-state index contributed by atoms with van der Waals surface area (Å²) in [5, 5.41) is 3.53. The summed E-state index contributed by atoms with van der Waals surface area (Å²) in [6.07, 6.45) is 7.47. The van der Waals surface area contributed by atoms with Gasteiger partial charge < -0.3 is 28.4 Å². The van der Waals surface area contributed by atoms with Crippen molar-refractivity contribution in [2.75, 3.05) is 54.2 Å². The number of hydrogen-bond acceptors (Lipinski definition) is 12. The number of ether oxygens (including phenoxy) is 4. The SMILES string of the molecule is COc1cc(-c2cn(C)c(=O)c3cnccc23)cc(OC)c1CN(C)C1CCC2CN(C(=O)CCOCCOc3cccc4c3C(=O)N(C3CCC(=O)NC3=O)C4=O)CC21. The highest BCUT2D eigenvalue weighted by Gasteiger charge is 2.47. The molecule has 4 atom stereocenters. The van der Waals surface area contributed by atoms with Crippen LogP contribution in [0.2, 0.25) is 0 Å². The largest absolute Gasteiger partial charge is 0.496 e. The monoisotopic (exact) mass is 820 g/mol. The average molecular weight is 821 g/mol. The van der Waals surface area contributed by atoms with Crippen LogP contribution in [0.5, 0.6) is 17.2 Å². The van der Waals surface area contributed by atoms with Crippen LogP contribution in [0.15, 0.2) is 59.8 Å². The molecule has 60 heavy (non-hydrogen) atoms. The molecule has 0 bridgehead atoms. The van der Waals surface area contributed by atoms with Gasteiger partial charge in [-0.3, -0.25) is 48.9 Å². The Labute approximate surface area is 346 Å². The number of nitrogens with one attached hydrogen (secondary N) is 1. The number of imide groups is 2. The Morgan fingerprint density at radius 2 is 1.68 bits per heavy atom. The molecule has 2 saturated heterocycles. The van der Waals surface area contributed by atoms with Crippen LogP contribution < -0.4 is 25.1 Å². The fraction of sp³-hybridized carbons (Fsp3) is 0.432. The van der Waals surface area contributed by atoms with Gasteiger partial charge in [-0.15, -0.1) is 0 Å². The maximum Gasteiger partial charge on any atom is 0.266 e. The van der Waals surface area contributed by atoms with Crippen molar-refractivity contribution in [2.24, 2.45) is 18.9 Å². The van der Waals surface area contributed by atoms with E-state index in [2.05, 4.69) is 22.2 Å². The van der Waals surface area contributed by atoms with E-state index in [0.29, 0.717) is 48.4 Å². The predicted molar refractivity (Wildman–Crippen MR) is 218 cm³/mol. The van der Waals surface area contributed by atoms with E-state index < -0.39 is 29.7 Å². The van der Waals surface area contributed by atoms with Gasteiger partial charge in [0.25, 0.3) is 17.4 Å². The number of piperidine rings is 1. The standard InChI is InChI=1S/C44H48N6O10/c1-47(23-32-36(57-3)18-26(19-37(32)58-4)30-22-48(2)42(54)29-20-45-14-12-27(29)30)33-9-8-25-21-49(24-31(25)33)39(52)13-15-59-16-17-60-35-7-5-6-28-40(35)44(56)50(43(28)55)34-10-11-38(51)46-41(34)53/h5-7,12,14,18-20,22,25,31,33-34H,8-11,13,15-17,21,23-24H2,1-4H3,(H,46,51,53). The highest BCUT2D eigenvalue weighted by Crippen LogP contribution is 2.43. The Bertz CT molecular complexity index is 2420. The lowest BCUT2D eigenvalue weighted by molar-refractivity contribution is -0.136. The molecule has 16 heteroatoms. The van der Waals surface area contributed by atoms with Crippen LogP contribution in [0.3, 0.4) is 0 Å². The zero-order valence-electron chi connectivity index (χ0n) is 34.1. The van der Waals surface area contributed by atoms with E-state index in [4.69, 9.17) is 18.9 Å². The first-order valence-corrected chi connectivity index (χ1v) is 20.2. The summed E-state index contributed by atoms with van der Waals surface area (Å²) in [5.74, 6) is -0.0369. The molecule has 1 saturated carbocycles. The molecule has 16 nitrogen and oxygen atoms in total. The number of benzene rings is 2. The van der Waals surface area contributed by atoms with E-state index >= 15 is 0 Å². The molecule has 314 valence electrons. The van der Waals surface area contributed by atoms with E-state index in [1.54, 1.807) is 50.4 Å². The number of amides is 5. The molecule has 3 fully saturated rings. The van der Waals surface area contributed by atoms with Gasteiger partial charge in [0.1, 0.15) is 29.9 Å². The third-order valence-electron chi connectivity index (χ3n) is 12.4. The van der Waals surface area contributed by atoms with Gasteiger partial charge in [0.2, 0.25) is 17.7 Å². The van der Waals surface area contributed by atoms with Crippen molar-refractivity contribution in [2.45, 2.75) is 50.7 Å². The van der Waals surface area contributed by atoms with E-state index in [9.17, 15) is 28.8 Å². The lowest BCUT2D eigenvalue weighted by Crippen LogP contribution is -2.54. The highest BCUT2D eigenvalue weighted by molar-refractivity contribution is 6.24. The third-order valence-corrected chi connectivity index (χ3v) is 12.4. The number of fused-ring (bicyclic) bond motifs is 3. The number of rotatable bonds is 14. The smallest absolute Gasteiger partial charge is 0.266 e. The van der Waals surface area contributed by atoms with Crippen LogP contribution in [0.25, 0.3) is 21.9 Å². The van der Waals surface area contributed by atoms with Crippen molar-refractivity contribution in [3.8, 4) is 28.4 Å². The molecule has 1 N–H and O–H groups in total. The Kier molecular flexibility index (Phi) is 11.4. The van der Waals surface area contributed by atoms with Crippen LogP contribution >= 0.6 is 0 Å². The fourth-order valence-electron chi connectivity index (χ4n) is 9.43.